The molecule has 6 heteroatoms. The Kier molecular flexibility index (Phi) is 6.65. The van der Waals surface area contributed by atoms with Gasteiger partial charge in [-0.3, -0.25) is 4.79 Å². The fraction of sp³-hybridized carbons (Fsp3) is 0.304. The van der Waals surface area contributed by atoms with E-state index in [2.05, 4.69) is 0 Å². The van der Waals surface area contributed by atoms with Crippen LogP contribution in [0.5, 0.6) is 11.5 Å². The number of methoxy groups -OCH3 is 2. The summed E-state index contributed by atoms with van der Waals surface area (Å²) in [7, 11) is 3.25. The number of carbonyl (C=O) groups excluding carboxylic acids is 1. The smallest absolute Gasteiger partial charge is 0.328 e. The van der Waals surface area contributed by atoms with E-state index in [4.69, 9.17) is 26.4 Å². The Morgan fingerprint density at radius 3 is 2.00 bits per heavy atom. The summed E-state index contributed by atoms with van der Waals surface area (Å²) < 4.78 is 17.0. The minimum atomic E-state index is -0.950. The van der Waals surface area contributed by atoms with E-state index in [1.165, 1.54) is 11.8 Å². The Labute approximate surface area is 181 Å². The molecule has 1 saturated heterocycles. The van der Waals surface area contributed by atoms with Crippen LogP contribution < -0.4 is 9.47 Å². The lowest BCUT2D eigenvalue weighted by Gasteiger charge is -2.36. The molecule has 1 heterocycles. The average Bonchev–Trinajstić information content (AvgIpc) is 2.75. The van der Waals surface area contributed by atoms with E-state index in [1.54, 1.807) is 14.2 Å². The van der Waals surface area contributed by atoms with Gasteiger partial charge in [0.25, 0.3) is 0 Å². The summed E-state index contributed by atoms with van der Waals surface area (Å²) in [6.07, 6.45) is 1.24. The Morgan fingerprint density at radius 1 is 1.00 bits per heavy atom. The Morgan fingerprint density at radius 2 is 1.55 bits per heavy atom. The molecule has 0 unspecified atom stereocenters. The zero-order valence-electron chi connectivity index (χ0n) is 17.0. The lowest BCUT2D eigenvalue weighted by molar-refractivity contribution is -0.142. The topological polar surface area (TPSA) is 44.8 Å². The summed E-state index contributed by atoms with van der Waals surface area (Å²) in [5.41, 5.74) is 1.81. The highest BCUT2D eigenvalue weighted by molar-refractivity contribution is 8.26. The zero-order chi connectivity index (χ0) is 21.0. The van der Waals surface area contributed by atoms with Crippen molar-refractivity contribution in [3.63, 3.8) is 0 Å². The quantitative estimate of drug-likeness (QED) is 0.431. The van der Waals surface area contributed by atoms with Gasteiger partial charge >= 0.3 is 5.97 Å². The van der Waals surface area contributed by atoms with Crippen LogP contribution in [0.1, 0.15) is 37.8 Å². The van der Waals surface area contributed by atoms with Crippen LogP contribution in [0.15, 0.2) is 53.6 Å². The summed E-state index contributed by atoms with van der Waals surface area (Å²) in [5.74, 6) is 1.18. The number of allylic oxidation sites excluding steroid dienone is 1. The Bertz CT molecular complexity index is 910. The van der Waals surface area contributed by atoms with E-state index in [-0.39, 0.29) is 5.97 Å². The maximum atomic E-state index is 13.3. The number of hydrogen-bond acceptors (Lipinski definition) is 6. The number of thiocarbonyl (C=S) groups is 1. The van der Waals surface area contributed by atoms with Crippen molar-refractivity contribution in [2.45, 2.75) is 32.1 Å². The second-order valence-corrected chi connectivity index (χ2v) is 8.26. The van der Waals surface area contributed by atoms with Gasteiger partial charge in [-0.25, -0.2) is 0 Å². The van der Waals surface area contributed by atoms with Crippen molar-refractivity contribution in [3.05, 3.63) is 64.7 Å². The minimum Gasteiger partial charge on any atom is -0.497 e. The summed E-state index contributed by atoms with van der Waals surface area (Å²) in [5, 5.41) is 0.560. The number of carbonyl (C=O) groups is 1. The summed E-state index contributed by atoms with van der Waals surface area (Å²) >= 11 is 7.14. The number of benzene rings is 2. The minimum absolute atomic E-state index is 0.330. The van der Waals surface area contributed by atoms with Crippen LogP contribution >= 0.6 is 24.0 Å². The molecule has 3 rings (SSSR count). The molecule has 0 saturated carbocycles. The molecule has 4 nitrogen and oxygen atoms in total. The van der Waals surface area contributed by atoms with Crippen molar-refractivity contribution >= 4 is 39.7 Å². The molecule has 1 atom stereocenters. The normalized spacial score (nSPS) is 20.8. The van der Waals surface area contributed by atoms with E-state index in [1.807, 2.05) is 62.4 Å². The second-order valence-electron chi connectivity index (χ2n) is 6.61. The van der Waals surface area contributed by atoms with Crippen molar-refractivity contribution in [1.82, 2.24) is 0 Å². The molecule has 0 amide bonds. The molecule has 29 heavy (non-hydrogen) atoms. The van der Waals surface area contributed by atoms with Gasteiger partial charge in [0.15, 0.2) is 5.09 Å². The van der Waals surface area contributed by atoms with Crippen LogP contribution in [0.2, 0.25) is 0 Å². The van der Waals surface area contributed by atoms with E-state index in [0.717, 1.165) is 28.2 Å². The fourth-order valence-electron chi connectivity index (χ4n) is 3.43. The fourth-order valence-corrected chi connectivity index (χ4v) is 5.20. The third-order valence-electron chi connectivity index (χ3n) is 5.22. The first kappa shape index (κ1) is 21.4. The second kappa shape index (κ2) is 9.01. The van der Waals surface area contributed by atoms with E-state index in [0.29, 0.717) is 22.1 Å². The highest BCUT2D eigenvalue weighted by Crippen LogP contribution is 2.46. The van der Waals surface area contributed by atoms with Gasteiger partial charge in [-0.1, -0.05) is 50.3 Å². The van der Waals surface area contributed by atoms with Crippen molar-refractivity contribution < 1.29 is 19.0 Å². The van der Waals surface area contributed by atoms with E-state index < -0.39 is 5.41 Å². The molecule has 1 aliphatic rings. The monoisotopic (exact) mass is 428 g/mol. The van der Waals surface area contributed by atoms with Crippen molar-refractivity contribution in [1.29, 1.82) is 0 Å². The number of rotatable bonds is 6. The molecular weight excluding hydrogens is 404 g/mol. The maximum absolute atomic E-state index is 13.3. The van der Waals surface area contributed by atoms with Gasteiger partial charge in [0.2, 0.25) is 0 Å². The van der Waals surface area contributed by atoms with E-state index >= 15 is 0 Å². The molecule has 2 aromatic carbocycles. The molecule has 0 aromatic heterocycles. The number of esters is 1. The predicted octanol–water partition coefficient (Wildman–Crippen LogP) is 5.75. The molecule has 0 spiro atoms. The average molecular weight is 429 g/mol. The molecular formula is C23H24O4S2. The zero-order valence-corrected chi connectivity index (χ0v) is 18.6. The lowest BCUT2D eigenvalue weighted by Crippen LogP contribution is -2.45. The molecule has 2 aromatic rings. The molecule has 0 radical (unpaired) electrons. The van der Waals surface area contributed by atoms with Crippen LogP contribution in [-0.4, -0.2) is 24.4 Å². The van der Waals surface area contributed by atoms with Crippen LogP contribution in [0, 0.1) is 0 Å². The Hall–Kier alpha value is -2.31. The van der Waals surface area contributed by atoms with E-state index in [9.17, 15) is 4.79 Å². The third-order valence-corrected chi connectivity index (χ3v) is 6.87. The van der Waals surface area contributed by atoms with Gasteiger partial charge in [-0.05, 0) is 60.0 Å². The summed E-state index contributed by atoms with van der Waals surface area (Å²) in [4.78, 5) is 13.3. The lowest BCUT2D eigenvalue weighted by atomic mass is 9.79. The van der Waals surface area contributed by atoms with Crippen LogP contribution in [-0.2, 0) is 14.9 Å². The molecule has 0 bridgehead atoms. The van der Waals surface area contributed by atoms with Crippen LogP contribution in [0.25, 0.3) is 5.57 Å². The van der Waals surface area contributed by atoms with Crippen molar-refractivity contribution in [3.8, 4) is 11.5 Å². The summed E-state index contributed by atoms with van der Waals surface area (Å²) in [6.45, 7) is 3.99. The van der Waals surface area contributed by atoms with Gasteiger partial charge in [0, 0.05) is 5.57 Å². The van der Waals surface area contributed by atoms with Crippen molar-refractivity contribution in [2.75, 3.05) is 14.2 Å². The largest absolute Gasteiger partial charge is 0.497 e. The number of thioether (sulfide) groups is 1. The number of hydrogen-bond donors (Lipinski definition) is 0. The van der Waals surface area contributed by atoms with Gasteiger partial charge in [0.1, 0.15) is 16.9 Å². The molecule has 0 N–H and O–H groups in total. The SMILES string of the molecule is CC/C(=C1\OC(=O)[C@@](CC)(c2ccc(OC)cc2)C(=S)S1)c1ccc(OC)cc1. The van der Waals surface area contributed by atoms with Crippen LogP contribution in [0.3, 0.4) is 0 Å². The van der Waals surface area contributed by atoms with Gasteiger partial charge in [0.05, 0.1) is 18.4 Å². The first-order valence-corrected chi connectivity index (χ1v) is 10.7. The first-order chi connectivity index (χ1) is 14.0. The molecule has 1 fully saturated rings. The van der Waals surface area contributed by atoms with Gasteiger partial charge < -0.3 is 14.2 Å². The van der Waals surface area contributed by atoms with Gasteiger partial charge in [-0.2, -0.15) is 0 Å². The van der Waals surface area contributed by atoms with Crippen molar-refractivity contribution in [2.24, 2.45) is 0 Å². The van der Waals surface area contributed by atoms with Gasteiger partial charge in [-0.15, -0.1) is 0 Å². The molecule has 1 aliphatic heterocycles. The molecule has 0 aliphatic carbocycles. The predicted molar refractivity (Wildman–Crippen MR) is 121 cm³/mol. The standard InChI is InChI=1S/C23H24O4S2/c1-5-19(15-7-11-17(25-3)12-8-15)20-27-21(24)23(6-2,22(28)29-20)16-9-13-18(26-4)14-10-16/h7-14H,5-6H2,1-4H3/b20-19-/t23-/m1/s1. The molecule has 152 valence electrons. The van der Waals surface area contributed by atoms with Crippen LogP contribution in [0.4, 0.5) is 0 Å². The Balaban J connectivity index is 1.99. The highest BCUT2D eigenvalue weighted by atomic mass is 32.2. The summed E-state index contributed by atoms with van der Waals surface area (Å²) in [6, 6.07) is 15.2. The maximum Gasteiger partial charge on any atom is 0.328 e. The highest BCUT2D eigenvalue weighted by Gasteiger charge is 2.49. The first-order valence-electron chi connectivity index (χ1n) is 9.46. The third kappa shape index (κ3) is 3.91. The number of ether oxygens (including phenoxy) is 3. The number of cyclic esters (lactones) is 1.